The molecule has 0 saturated carbocycles. The molecular formula is C18H29N3O2. The molecule has 0 heterocycles. The normalized spacial score (nSPS) is 13.3. The number of rotatable bonds is 8. The average molecular weight is 319 g/mol. The summed E-state index contributed by atoms with van der Waals surface area (Å²) in [6.45, 7) is 8.46. The Hall–Kier alpha value is -2.04. The van der Waals surface area contributed by atoms with Crippen molar-refractivity contribution in [2.24, 2.45) is 5.92 Å². The predicted octanol–water partition coefficient (Wildman–Crippen LogP) is 2.99. The van der Waals surface area contributed by atoms with Crippen molar-refractivity contribution in [2.75, 3.05) is 6.54 Å². The number of unbranched alkanes of at least 4 members (excludes halogenated alkanes) is 1. The molecule has 3 N–H and O–H groups in total. The lowest BCUT2D eigenvalue weighted by molar-refractivity contribution is -0.124. The van der Waals surface area contributed by atoms with Crippen LogP contribution in [0.25, 0.3) is 0 Å². The molecule has 0 aliphatic rings. The zero-order valence-corrected chi connectivity index (χ0v) is 14.6. The molecule has 1 aromatic carbocycles. The SMILES string of the molecule is CCCCNC(=O)NC(C(=O)NC(C)c1ccccc1)C(C)C. The van der Waals surface area contributed by atoms with Crippen molar-refractivity contribution in [1.82, 2.24) is 16.0 Å². The Kier molecular flexibility index (Phi) is 8.16. The van der Waals surface area contributed by atoms with E-state index in [4.69, 9.17) is 0 Å². The van der Waals surface area contributed by atoms with Crippen LogP contribution in [0.5, 0.6) is 0 Å². The third-order valence-corrected chi connectivity index (χ3v) is 3.71. The van der Waals surface area contributed by atoms with E-state index in [1.165, 1.54) is 0 Å². The van der Waals surface area contributed by atoms with Crippen LogP contribution >= 0.6 is 0 Å². The molecule has 0 aromatic heterocycles. The Balaban J connectivity index is 2.59. The van der Waals surface area contributed by atoms with Crippen LogP contribution in [-0.2, 0) is 4.79 Å². The van der Waals surface area contributed by atoms with Gasteiger partial charge in [-0.05, 0) is 24.8 Å². The van der Waals surface area contributed by atoms with E-state index >= 15 is 0 Å². The molecule has 0 saturated heterocycles. The van der Waals surface area contributed by atoms with Gasteiger partial charge in [0.2, 0.25) is 5.91 Å². The van der Waals surface area contributed by atoms with Crippen LogP contribution in [0.1, 0.15) is 52.1 Å². The molecule has 0 bridgehead atoms. The van der Waals surface area contributed by atoms with E-state index in [9.17, 15) is 9.59 Å². The second kappa shape index (κ2) is 9.87. The standard InChI is InChI=1S/C18H29N3O2/c1-5-6-12-19-18(23)21-16(13(2)3)17(22)20-14(4)15-10-8-7-9-11-15/h7-11,13-14,16H,5-6,12H2,1-4H3,(H,20,22)(H2,19,21,23). The molecule has 1 rings (SSSR count). The summed E-state index contributed by atoms with van der Waals surface area (Å²) < 4.78 is 0. The van der Waals surface area contributed by atoms with Crippen LogP contribution in [0.2, 0.25) is 0 Å². The quantitative estimate of drug-likeness (QED) is 0.645. The molecule has 1 aromatic rings. The third-order valence-electron chi connectivity index (χ3n) is 3.71. The summed E-state index contributed by atoms with van der Waals surface area (Å²) in [5, 5.41) is 8.52. The minimum Gasteiger partial charge on any atom is -0.348 e. The highest BCUT2D eigenvalue weighted by atomic mass is 16.2. The number of urea groups is 1. The summed E-state index contributed by atoms with van der Waals surface area (Å²) in [5.41, 5.74) is 1.04. The highest BCUT2D eigenvalue weighted by molar-refractivity contribution is 5.87. The van der Waals surface area contributed by atoms with Gasteiger partial charge in [-0.2, -0.15) is 0 Å². The second-order valence-corrected chi connectivity index (χ2v) is 6.12. The smallest absolute Gasteiger partial charge is 0.315 e. The molecule has 23 heavy (non-hydrogen) atoms. The fraction of sp³-hybridized carbons (Fsp3) is 0.556. The van der Waals surface area contributed by atoms with Crippen molar-refractivity contribution in [3.63, 3.8) is 0 Å². The average Bonchev–Trinajstić information content (AvgIpc) is 2.53. The Morgan fingerprint density at radius 1 is 1.04 bits per heavy atom. The van der Waals surface area contributed by atoms with E-state index in [1.807, 2.05) is 51.1 Å². The van der Waals surface area contributed by atoms with E-state index in [0.717, 1.165) is 18.4 Å². The Morgan fingerprint density at radius 3 is 2.26 bits per heavy atom. The summed E-state index contributed by atoms with van der Waals surface area (Å²) in [4.78, 5) is 24.4. The zero-order valence-electron chi connectivity index (χ0n) is 14.6. The highest BCUT2D eigenvalue weighted by Crippen LogP contribution is 2.12. The summed E-state index contributed by atoms with van der Waals surface area (Å²) in [6, 6.07) is 8.82. The van der Waals surface area contributed by atoms with Gasteiger partial charge in [-0.25, -0.2) is 4.79 Å². The maximum absolute atomic E-state index is 12.5. The number of nitrogens with one attached hydrogen (secondary N) is 3. The number of hydrogen-bond donors (Lipinski definition) is 3. The van der Waals surface area contributed by atoms with Gasteiger partial charge < -0.3 is 16.0 Å². The number of benzene rings is 1. The first-order chi connectivity index (χ1) is 11.0. The lowest BCUT2D eigenvalue weighted by atomic mass is 10.0. The summed E-state index contributed by atoms with van der Waals surface area (Å²) in [6.07, 6.45) is 1.94. The minimum atomic E-state index is -0.553. The largest absolute Gasteiger partial charge is 0.348 e. The van der Waals surface area contributed by atoms with Gasteiger partial charge in [-0.15, -0.1) is 0 Å². The van der Waals surface area contributed by atoms with Crippen LogP contribution < -0.4 is 16.0 Å². The first-order valence-electron chi connectivity index (χ1n) is 8.35. The zero-order chi connectivity index (χ0) is 17.2. The lowest BCUT2D eigenvalue weighted by Gasteiger charge is -2.24. The first kappa shape index (κ1) is 19.0. The maximum atomic E-state index is 12.5. The van der Waals surface area contributed by atoms with E-state index in [2.05, 4.69) is 22.9 Å². The first-order valence-corrected chi connectivity index (χ1v) is 8.35. The highest BCUT2D eigenvalue weighted by Gasteiger charge is 2.25. The van der Waals surface area contributed by atoms with E-state index in [-0.39, 0.29) is 23.9 Å². The van der Waals surface area contributed by atoms with Gasteiger partial charge in [-0.3, -0.25) is 4.79 Å². The van der Waals surface area contributed by atoms with Crippen LogP contribution in [-0.4, -0.2) is 24.5 Å². The van der Waals surface area contributed by atoms with Crippen molar-refractivity contribution in [1.29, 1.82) is 0 Å². The molecule has 5 nitrogen and oxygen atoms in total. The topological polar surface area (TPSA) is 70.2 Å². The van der Waals surface area contributed by atoms with Crippen LogP contribution in [0.4, 0.5) is 4.79 Å². The van der Waals surface area contributed by atoms with Gasteiger partial charge in [0.1, 0.15) is 6.04 Å². The van der Waals surface area contributed by atoms with Crippen molar-refractivity contribution in [3.8, 4) is 0 Å². The van der Waals surface area contributed by atoms with Gasteiger partial charge in [0.05, 0.1) is 6.04 Å². The van der Waals surface area contributed by atoms with E-state index in [0.29, 0.717) is 6.54 Å². The number of carbonyl (C=O) groups is 2. The Morgan fingerprint density at radius 2 is 1.70 bits per heavy atom. The van der Waals surface area contributed by atoms with Crippen molar-refractivity contribution in [3.05, 3.63) is 35.9 Å². The van der Waals surface area contributed by atoms with Gasteiger partial charge in [0.25, 0.3) is 0 Å². The number of carbonyl (C=O) groups excluding carboxylic acids is 2. The maximum Gasteiger partial charge on any atom is 0.315 e. The molecule has 128 valence electrons. The summed E-state index contributed by atoms with van der Waals surface area (Å²) >= 11 is 0. The Labute approximate surface area is 139 Å². The number of hydrogen-bond acceptors (Lipinski definition) is 2. The molecule has 0 radical (unpaired) electrons. The minimum absolute atomic E-state index is 0.00917. The third kappa shape index (κ3) is 6.72. The molecule has 5 heteroatoms. The Bertz CT molecular complexity index is 488. The van der Waals surface area contributed by atoms with Gasteiger partial charge in [0.15, 0.2) is 0 Å². The van der Waals surface area contributed by atoms with E-state index < -0.39 is 6.04 Å². The molecule has 0 spiro atoms. The monoisotopic (exact) mass is 319 g/mol. The van der Waals surface area contributed by atoms with Gasteiger partial charge >= 0.3 is 6.03 Å². The molecule has 0 aliphatic heterocycles. The fourth-order valence-electron chi connectivity index (χ4n) is 2.23. The second-order valence-electron chi connectivity index (χ2n) is 6.12. The van der Waals surface area contributed by atoms with Gasteiger partial charge in [0, 0.05) is 6.54 Å². The molecule has 2 atom stereocenters. The van der Waals surface area contributed by atoms with Crippen LogP contribution in [0.3, 0.4) is 0 Å². The van der Waals surface area contributed by atoms with Crippen LogP contribution in [0, 0.1) is 5.92 Å². The number of amides is 3. The van der Waals surface area contributed by atoms with Crippen molar-refractivity contribution < 1.29 is 9.59 Å². The molecule has 3 amide bonds. The molecular weight excluding hydrogens is 290 g/mol. The van der Waals surface area contributed by atoms with Crippen molar-refractivity contribution in [2.45, 2.75) is 52.6 Å². The van der Waals surface area contributed by atoms with Crippen LogP contribution in [0.15, 0.2) is 30.3 Å². The van der Waals surface area contributed by atoms with Crippen molar-refractivity contribution >= 4 is 11.9 Å². The van der Waals surface area contributed by atoms with Gasteiger partial charge in [-0.1, -0.05) is 57.5 Å². The fourth-order valence-corrected chi connectivity index (χ4v) is 2.23. The molecule has 2 unspecified atom stereocenters. The summed E-state index contributed by atoms with van der Waals surface area (Å²) in [5.74, 6) is -0.156. The predicted molar refractivity (Wildman–Crippen MR) is 93.1 cm³/mol. The molecule has 0 aliphatic carbocycles. The lowest BCUT2D eigenvalue weighted by Crippen LogP contribution is -2.52. The summed E-state index contributed by atoms with van der Waals surface area (Å²) in [7, 11) is 0. The van der Waals surface area contributed by atoms with E-state index in [1.54, 1.807) is 0 Å². The molecule has 0 fully saturated rings.